The predicted molar refractivity (Wildman–Crippen MR) is 94.8 cm³/mol. The van der Waals surface area contributed by atoms with Gasteiger partial charge in [0.1, 0.15) is 16.8 Å². The molecule has 2 N–H and O–H groups in total. The Kier molecular flexibility index (Phi) is 3.51. The van der Waals surface area contributed by atoms with Crippen molar-refractivity contribution >= 4 is 39.7 Å². The standard InChI is InChI=1S/C17H10N2O3S2/c20-16-9(12-3-1-5-23-12)7-10-15(14(16)17(21)22)18-8-11(19-10)13-4-2-6-24-13/h1-8,20H,(H,21,22). The average molecular weight is 354 g/mol. The van der Waals surface area contributed by atoms with Gasteiger partial charge in [0.15, 0.2) is 0 Å². The maximum absolute atomic E-state index is 11.6. The lowest BCUT2D eigenvalue weighted by molar-refractivity contribution is 0.0696. The van der Waals surface area contributed by atoms with E-state index in [-0.39, 0.29) is 16.8 Å². The number of carbonyl (C=O) groups is 1. The minimum Gasteiger partial charge on any atom is -0.506 e. The molecule has 0 saturated heterocycles. The Morgan fingerprint density at radius 2 is 1.79 bits per heavy atom. The van der Waals surface area contributed by atoms with E-state index in [1.165, 1.54) is 28.9 Å². The van der Waals surface area contributed by atoms with Crippen molar-refractivity contribution in [3.8, 4) is 26.8 Å². The topological polar surface area (TPSA) is 83.3 Å². The average Bonchev–Trinajstić information content (AvgIpc) is 3.27. The smallest absolute Gasteiger partial charge is 0.341 e. The number of hydrogen-bond acceptors (Lipinski definition) is 6. The van der Waals surface area contributed by atoms with Crippen molar-refractivity contribution in [1.82, 2.24) is 9.97 Å². The van der Waals surface area contributed by atoms with Gasteiger partial charge in [0.2, 0.25) is 0 Å². The van der Waals surface area contributed by atoms with E-state index in [0.717, 1.165) is 9.75 Å². The van der Waals surface area contributed by atoms with Gasteiger partial charge in [-0.3, -0.25) is 4.98 Å². The van der Waals surface area contributed by atoms with Crippen LogP contribution in [0.3, 0.4) is 0 Å². The van der Waals surface area contributed by atoms with Crippen molar-refractivity contribution in [3.05, 3.63) is 52.9 Å². The number of nitrogens with zero attached hydrogens (tertiary/aromatic N) is 2. The minimum absolute atomic E-state index is 0.181. The molecule has 0 bridgehead atoms. The van der Waals surface area contributed by atoms with Crippen LogP contribution in [0.25, 0.3) is 32.0 Å². The van der Waals surface area contributed by atoms with E-state index in [4.69, 9.17) is 0 Å². The summed E-state index contributed by atoms with van der Waals surface area (Å²) in [5, 5.41) is 23.8. The SMILES string of the molecule is O=C(O)c1c(O)c(-c2cccs2)cc2nc(-c3cccs3)cnc12. The summed E-state index contributed by atoms with van der Waals surface area (Å²) in [5.74, 6) is -1.51. The van der Waals surface area contributed by atoms with E-state index < -0.39 is 5.97 Å². The maximum atomic E-state index is 11.6. The van der Waals surface area contributed by atoms with Gasteiger partial charge in [-0.05, 0) is 29.0 Å². The van der Waals surface area contributed by atoms with Crippen LogP contribution in [0.4, 0.5) is 0 Å². The molecule has 7 heteroatoms. The third-order valence-corrected chi connectivity index (χ3v) is 5.38. The van der Waals surface area contributed by atoms with Crippen molar-refractivity contribution < 1.29 is 15.0 Å². The molecule has 0 aliphatic heterocycles. The van der Waals surface area contributed by atoms with Gasteiger partial charge < -0.3 is 10.2 Å². The summed E-state index contributed by atoms with van der Waals surface area (Å²) >= 11 is 2.96. The summed E-state index contributed by atoms with van der Waals surface area (Å²) in [6.45, 7) is 0. The second kappa shape index (κ2) is 5.70. The third-order valence-electron chi connectivity index (χ3n) is 3.58. The molecule has 118 valence electrons. The van der Waals surface area contributed by atoms with E-state index >= 15 is 0 Å². The van der Waals surface area contributed by atoms with Crippen LogP contribution in [-0.2, 0) is 0 Å². The van der Waals surface area contributed by atoms with Crippen LogP contribution in [0.15, 0.2) is 47.3 Å². The minimum atomic E-state index is -1.23. The zero-order valence-electron chi connectivity index (χ0n) is 12.1. The zero-order valence-corrected chi connectivity index (χ0v) is 13.8. The van der Waals surface area contributed by atoms with Crippen LogP contribution < -0.4 is 0 Å². The van der Waals surface area contributed by atoms with Crippen molar-refractivity contribution in [3.63, 3.8) is 0 Å². The van der Waals surface area contributed by atoms with Gasteiger partial charge in [-0.15, -0.1) is 22.7 Å². The number of benzene rings is 1. The monoisotopic (exact) mass is 354 g/mol. The van der Waals surface area contributed by atoms with E-state index in [1.807, 2.05) is 35.0 Å². The summed E-state index contributed by atoms with van der Waals surface area (Å²) in [7, 11) is 0. The molecule has 0 aliphatic carbocycles. The molecule has 5 nitrogen and oxygen atoms in total. The van der Waals surface area contributed by atoms with Crippen molar-refractivity contribution in [2.75, 3.05) is 0 Å². The highest BCUT2D eigenvalue weighted by atomic mass is 32.1. The molecular weight excluding hydrogens is 344 g/mol. The maximum Gasteiger partial charge on any atom is 0.341 e. The van der Waals surface area contributed by atoms with Gasteiger partial charge in [-0.2, -0.15) is 0 Å². The van der Waals surface area contributed by atoms with Gasteiger partial charge in [-0.1, -0.05) is 12.1 Å². The number of aromatic nitrogens is 2. The lowest BCUT2D eigenvalue weighted by Crippen LogP contribution is -2.02. The van der Waals surface area contributed by atoms with E-state index in [9.17, 15) is 15.0 Å². The highest BCUT2D eigenvalue weighted by molar-refractivity contribution is 7.13. The fourth-order valence-electron chi connectivity index (χ4n) is 2.51. The zero-order chi connectivity index (χ0) is 16.7. The molecule has 0 unspecified atom stereocenters. The van der Waals surface area contributed by atoms with E-state index in [1.54, 1.807) is 6.07 Å². The lowest BCUT2D eigenvalue weighted by Gasteiger charge is -2.10. The highest BCUT2D eigenvalue weighted by Crippen LogP contribution is 2.39. The molecule has 0 atom stereocenters. The Morgan fingerprint density at radius 1 is 1.08 bits per heavy atom. The normalized spacial score (nSPS) is 11.0. The van der Waals surface area contributed by atoms with Gasteiger partial charge in [0, 0.05) is 10.4 Å². The van der Waals surface area contributed by atoms with Gasteiger partial charge >= 0.3 is 5.97 Å². The molecule has 3 aromatic heterocycles. The molecule has 3 heterocycles. The number of fused-ring (bicyclic) bond motifs is 1. The second-order valence-corrected chi connectivity index (χ2v) is 6.93. The number of aromatic carboxylic acids is 1. The van der Waals surface area contributed by atoms with Crippen LogP contribution in [0.1, 0.15) is 10.4 Å². The van der Waals surface area contributed by atoms with Gasteiger partial charge in [-0.25, -0.2) is 9.78 Å². The molecular formula is C17H10N2O3S2. The summed E-state index contributed by atoms with van der Waals surface area (Å²) in [6, 6.07) is 9.21. The van der Waals surface area contributed by atoms with Crippen LogP contribution >= 0.6 is 22.7 Å². The first kappa shape index (κ1) is 14.8. The number of hydrogen-bond donors (Lipinski definition) is 2. The number of rotatable bonds is 3. The molecule has 0 saturated carbocycles. The van der Waals surface area contributed by atoms with Gasteiger partial charge in [0.05, 0.1) is 22.3 Å². The van der Waals surface area contributed by atoms with E-state index in [2.05, 4.69) is 9.97 Å². The molecule has 0 spiro atoms. The quantitative estimate of drug-likeness (QED) is 0.566. The fraction of sp³-hybridized carbons (Fsp3) is 0. The largest absolute Gasteiger partial charge is 0.506 e. The van der Waals surface area contributed by atoms with Crippen LogP contribution in [-0.4, -0.2) is 26.2 Å². The number of carboxylic acids is 1. The van der Waals surface area contributed by atoms with Crippen molar-refractivity contribution in [2.24, 2.45) is 0 Å². The highest BCUT2D eigenvalue weighted by Gasteiger charge is 2.22. The van der Waals surface area contributed by atoms with Crippen LogP contribution in [0.2, 0.25) is 0 Å². The number of thiophene rings is 2. The Labute approximate surface area is 144 Å². The molecule has 0 aliphatic rings. The molecule has 0 radical (unpaired) electrons. The first-order valence-corrected chi connectivity index (χ1v) is 8.75. The molecule has 24 heavy (non-hydrogen) atoms. The molecule has 0 amide bonds. The number of aromatic hydroxyl groups is 1. The first-order chi connectivity index (χ1) is 11.6. The second-order valence-electron chi connectivity index (χ2n) is 5.03. The predicted octanol–water partition coefficient (Wildman–Crippen LogP) is 4.49. The molecule has 4 aromatic rings. The summed E-state index contributed by atoms with van der Waals surface area (Å²) in [5.41, 5.74) is 1.53. The summed E-state index contributed by atoms with van der Waals surface area (Å²) < 4.78 is 0. The summed E-state index contributed by atoms with van der Waals surface area (Å²) in [6.07, 6.45) is 1.53. The molecule has 0 fully saturated rings. The number of carboxylic acid groups (broad SMARTS) is 1. The Morgan fingerprint density at radius 3 is 2.42 bits per heavy atom. The summed E-state index contributed by atoms with van der Waals surface area (Å²) in [4.78, 5) is 22.2. The van der Waals surface area contributed by atoms with Gasteiger partial charge in [0.25, 0.3) is 0 Å². The van der Waals surface area contributed by atoms with Crippen molar-refractivity contribution in [1.29, 1.82) is 0 Å². The lowest BCUT2D eigenvalue weighted by atomic mass is 10.0. The van der Waals surface area contributed by atoms with Crippen LogP contribution in [0, 0.1) is 0 Å². The Hall–Kier alpha value is -2.77. The first-order valence-electron chi connectivity index (χ1n) is 6.99. The molecule has 1 aromatic carbocycles. The fourth-order valence-corrected chi connectivity index (χ4v) is 3.94. The Bertz CT molecular complexity index is 1040. The molecule has 4 rings (SSSR count). The third kappa shape index (κ3) is 2.34. The van der Waals surface area contributed by atoms with E-state index in [0.29, 0.717) is 16.8 Å². The number of phenols is 1. The van der Waals surface area contributed by atoms with Crippen molar-refractivity contribution in [2.45, 2.75) is 0 Å². The Balaban J connectivity index is 2.04. The van der Waals surface area contributed by atoms with Crippen LogP contribution in [0.5, 0.6) is 5.75 Å².